The van der Waals surface area contributed by atoms with E-state index in [9.17, 15) is 0 Å². The fourth-order valence-electron chi connectivity index (χ4n) is 2.03. The first-order valence-corrected chi connectivity index (χ1v) is 6.18. The smallest absolute Gasteiger partial charge is 0.0637 e. The molecule has 1 heterocycles. The molecule has 0 aliphatic carbocycles. The number of hydrogen-bond donors (Lipinski definition) is 0. The normalized spacial score (nSPS) is 18.0. The molecule has 0 unspecified atom stereocenters. The average molecular weight is 244 g/mol. The maximum absolute atomic E-state index is 6.15. The lowest BCUT2D eigenvalue weighted by molar-refractivity contribution is 0.221. The van der Waals surface area contributed by atoms with E-state index in [0.717, 1.165) is 12.1 Å². The van der Waals surface area contributed by atoms with Gasteiger partial charge in [0.1, 0.15) is 0 Å². The molecule has 0 amide bonds. The minimum absolute atomic E-state index is 0.658. The molecule has 1 nitrogen and oxygen atoms in total. The predicted octanol–water partition coefficient (Wildman–Crippen LogP) is 3.98. The first kappa shape index (κ1) is 11.3. The highest BCUT2D eigenvalue weighted by Gasteiger charge is 2.12. The van der Waals surface area contributed by atoms with Crippen molar-refractivity contribution in [2.75, 3.05) is 13.1 Å². The second kappa shape index (κ2) is 5.20. The fraction of sp³-hybridized carbons (Fsp3) is 0.500. The van der Waals surface area contributed by atoms with Crippen LogP contribution in [-0.4, -0.2) is 18.0 Å². The summed E-state index contributed by atoms with van der Waals surface area (Å²) in [6, 6.07) is 5.86. The Morgan fingerprint density at radius 3 is 2.53 bits per heavy atom. The summed E-state index contributed by atoms with van der Waals surface area (Å²) in [4.78, 5) is 2.45. The summed E-state index contributed by atoms with van der Waals surface area (Å²) in [5.74, 6) is 0. The number of rotatable bonds is 2. The number of nitrogens with zero attached hydrogens (tertiary/aromatic N) is 1. The van der Waals surface area contributed by atoms with Crippen LogP contribution in [0, 0.1) is 0 Å². The van der Waals surface area contributed by atoms with Gasteiger partial charge >= 0.3 is 0 Å². The molecule has 1 saturated heterocycles. The first-order valence-electron chi connectivity index (χ1n) is 5.42. The monoisotopic (exact) mass is 243 g/mol. The molecule has 1 aromatic rings. The summed E-state index contributed by atoms with van der Waals surface area (Å²) in [5.41, 5.74) is 1.14. The van der Waals surface area contributed by atoms with Crippen LogP contribution >= 0.6 is 23.2 Å². The molecule has 1 aliphatic heterocycles. The molecule has 15 heavy (non-hydrogen) atoms. The number of halogens is 2. The minimum atomic E-state index is 0.658. The van der Waals surface area contributed by atoms with Gasteiger partial charge in [-0.05, 0) is 37.6 Å². The standard InChI is InChI=1S/C12H15Cl2N/c13-11-6-4-5-10(12(11)14)9-15-7-2-1-3-8-15/h4-6H,1-3,7-9H2. The van der Waals surface area contributed by atoms with E-state index < -0.39 is 0 Å². The second-order valence-electron chi connectivity index (χ2n) is 4.05. The van der Waals surface area contributed by atoms with Gasteiger partial charge in [-0.15, -0.1) is 0 Å². The van der Waals surface area contributed by atoms with Crippen molar-refractivity contribution >= 4 is 23.2 Å². The van der Waals surface area contributed by atoms with Crippen LogP contribution in [0.1, 0.15) is 24.8 Å². The van der Waals surface area contributed by atoms with Gasteiger partial charge in [-0.2, -0.15) is 0 Å². The fourth-order valence-corrected chi connectivity index (χ4v) is 2.41. The van der Waals surface area contributed by atoms with Gasteiger partial charge < -0.3 is 0 Å². The Hall–Kier alpha value is -0.240. The number of piperidine rings is 1. The van der Waals surface area contributed by atoms with Crippen molar-refractivity contribution in [3.05, 3.63) is 33.8 Å². The minimum Gasteiger partial charge on any atom is -0.299 e. The van der Waals surface area contributed by atoms with Gasteiger partial charge in [0.15, 0.2) is 0 Å². The van der Waals surface area contributed by atoms with Gasteiger partial charge in [0.2, 0.25) is 0 Å². The topological polar surface area (TPSA) is 3.24 Å². The van der Waals surface area contributed by atoms with E-state index in [-0.39, 0.29) is 0 Å². The van der Waals surface area contributed by atoms with E-state index in [4.69, 9.17) is 23.2 Å². The Morgan fingerprint density at radius 2 is 1.80 bits per heavy atom. The van der Waals surface area contributed by atoms with E-state index >= 15 is 0 Å². The van der Waals surface area contributed by atoms with Crippen molar-refractivity contribution in [2.45, 2.75) is 25.8 Å². The molecule has 0 atom stereocenters. The molecule has 0 aromatic heterocycles. The van der Waals surface area contributed by atoms with Crippen LogP contribution in [0.5, 0.6) is 0 Å². The molecule has 3 heteroatoms. The van der Waals surface area contributed by atoms with Crippen molar-refractivity contribution in [3.63, 3.8) is 0 Å². The van der Waals surface area contributed by atoms with Crippen molar-refractivity contribution in [3.8, 4) is 0 Å². The number of hydrogen-bond acceptors (Lipinski definition) is 1. The highest BCUT2D eigenvalue weighted by Crippen LogP contribution is 2.27. The van der Waals surface area contributed by atoms with Crippen LogP contribution < -0.4 is 0 Å². The summed E-state index contributed by atoms with van der Waals surface area (Å²) >= 11 is 12.1. The van der Waals surface area contributed by atoms with Gasteiger partial charge in [0.05, 0.1) is 10.0 Å². The zero-order valence-electron chi connectivity index (χ0n) is 8.68. The van der Waals surface area contributed by atoms with Crippen LogP contribution in [-0.2, 0) is 6.54 Å². The Kier molecular flexibility index (Phi) is 3.90. The zero-order valence-corrected chi connectivity index (χ0v) is 10.2. The Bertz CT molecular complexity index is 332. The third-order valence-electron chi connectivity index (χ3n) is 2.87. The molecule has 0 spiro atoms. The van der Waals surface area contributed by atoms with Gasteiger partial charge in [-0.25, -0.2) is 0 Å². The van der Waals surface area contributed by atoms with Crippen LogP contribution in [0.2, 0.25) is 10.0 Å². The number of likely N-dealkylation sites (tertiary alicyclic amines) is 1. The van der Waals surface area contributed by atoms with Crippen molar-refractivity contribution in [1.82, 2.24) is 4.90 Å². The molecule has 82 valence electrons. The molecule has 0 saturated carbocycles. The van der Waals surface area contributed by atoms with Crippen LogP contribution in [0.15, 0.2) is 18.2 Å². The summed E-state index contributed by atoms with van der Waals surface area (Å²) in [5, 5.41) is 1.37. The van der Waals surface area contributed by atoms with E-state index in [2.05, 4.69) is 11.0 Å². The molecule has 2 rings (SSSR count). The van der Waals surface area contributed by atoms with Crippen LogP contribution in [0.4, 0.5) is 0 Å². The van der Waals surface area contributed by atoms with Crippen LogP contribution in [0.25, 0.3) is 0 Å². The van der Waals surface area contributed by atoms with Crippen LogP contribution in [0.3, 0.4) is 0 Å². The zero-order chi connectivity index (χ0) is 10.7. The SMILES string of the molecule is Clc1cccc(CN2CCCCC2)c1Cl. The van der Waals surface area contributed by atoms with E-state index in [1.165, 1.54) is 32.4 Å². The van der Waals surface area contributed by atoms with Crippen molar-refractivity contribution in [2.24, 2.45) is 0 Å². The van der Waals surface area contributed by atoms with Gasteiger partial charge in [0.25, 0.3) is 0 Å². The Morgan fingerprint density at radius 1 is 1.07 bits per heavy atom. The van der Waals surface area contributed by atoms with E-state index in [0.29, 0.717) is 10.0 Å². The lowest BCUT2D eigenvalue weighted by Gasteiger charge is -2.26. The van der Waals surface area contributed by atoms with Crippen molar-refractivity contribution in [1.29, 1.82) is 0 Å². The maximum atomic E-state index is 6.15. The second-order valence-corrected chi connectivity index (χ2v) is 4.83. The third kappa shape index (κ3) is 2.87. The first-order chi connectivity index (χ1) is 7.27. The maximum Gasteiger partial charge on any atom is 0.0637 e. The lowest BCUT2D eigenvalue weighted by atomic mass is 10.1. The Balaban J connectivity index is 2.06. The molecular weight excluding hydrogens is 229 g/mol. The predicted molar refractivity (Wildman–Crippen MR) is 65.6 cm³/mol. The molecule has 1 fully saturated rings. The highest BCUT2D eigenvalue weighted by atomic mass is 35.5. The summed E-state index contributed by atoms with van der Waals surface area (Å²) in [6.07, 6.45) is 3.97. The summed E-state index contributed by atoms with van der Waals surface area (Å²) < 4.78 is 0. The molecule has 1 aromatic carbocycles. The quantitative estimate of drug-likeness (QED) is 0.760. The van der Waals surface area contributed by atoms with Gasteiger partial charge in [0, 0.05) is 6.54 Å². The summed E-state index contributed by atoms with van der Waals surface area (Å²) in [6.45, 7) is 3.30. The lowest BCUT2D eigenvalue weighted by Crippen LogP contribution is -2.29. The summed E-state index contributed by atoms with van der Waals surface area (Å²) in [7, 11) is 0. The third-order valence-corrected chi connectivity index (χ3v) is 3.73. The molecule has 0 N–H and O–H groups in total. The molecular formula is C12H15Cl2N. The molecule has 0 radical (unpaired) electrons. The van der Waals surface area contributed by atoms with Gasteiger partial charge in [-0.1, -0.05) is 41.8 Å². The van der Waals surface area contributed by atoms with Crippen molar-refractivity contribution < 1.29 is 0 Å². The largest absolute Gasteiger partial charge is 0.299 e. The average Bonchev–Trinajstić information content (AvgIpc) is 2.26. The Labute approximate surface area is 101 Å². The number of benzene rings is 1. The van der Waals surface area contributed by atoms with E-state index in [1.54, 1.807) is 0 Å². The van der Waals surface area contributed by atoms with E-state index in [1.807, 2.05) is 12.1 Å². The molecule has 1 aliphatic rings. The van der Waals surface area contributed by atoms with Gasteiger partial charge in [-0.3, -0.25) is 4.90 Å². The molecule has 0 bridgehead atoms. The highest BCUT2D eigenvalue weighted by molar-refractivity contribution is 6.42.